The SMILES string of the molecule is CCOC(=O)c1ccccc1NC(=O)CSc1ccc(F)c(F)c1. The number of amides is 1. The third kappa shape index (κ3) is 4.79. The van der Waals surface area contributed by atoms with Gasteiger partial charge in [0.15, 0.2) is 11.6 Å². The maximum absolute atomic E-state index is 13.1. The second kappa shape index (κ2) is 8.44. The summed E-state index contributed by atoms with van der Waals surface area (Å²) >= 11 is 1.06. The van der Waals surface area contributed by atoms with Gasteiger partial charge in [-0.1, -0.05) is 12.1 Å². The lowest BCUT2D eigenvalue weighted by atomic mass is 10.2. The van der Waals surface area contributed by atoms with Gasteiger partial charge < -0.3 is 10.1 Å². The van der Waals surface area contributed by atoms with Gasteiger partial charge in [0, 0.05) is 4.90 Å². The Kier molecular flexibility index (Phi) is 6.31. The maximum atomic E-state index is 13.1. The van der Waals surface area contributed by atoms with Crippen molar-refractivity contribution in [3.63, 3.8) is 0 Å². The van der Waals surface area contributed by atoms with Crippen LogP contribution in [0.15, 0.2) is 47.4 Å². The summed E-state index contributed by atoms with van der Waals surface area (Å²) in [5.74, 6) is -2.81. The fourth-order valence-corrected chi connectivity index (χ4v) is 2.60. The highest BCUT2D eigenvalue weighted by Crippen LogP contribution is 2.21. The summed E-state index contributed by atoms with van der Waals surface area (Å²) in [6, 6.07) is 9.91. The molecule has 0 spiro atoms. The van der Waals surface area contributed by atoms with Gasteiger partial charge in [-0.25, -0.2) is 13.6 Å². The van der Waals surface area contributed by atoms with Crippen molar-refractivity contribution in [3.05, 3.63) is 59.7 Å². The van der Waals surface area contributed by atoms with Gasteiger partial charge in [0.2, 0.25) is 5.91 Å². The lowest BCUT2D eigenvalue weighted by Crippen LogP contribution is -2.17. The molecule has 0 aliphatic rings. The van der Waals surface area contributed by atoms with Crippen LogP contribution in [-0.4, -0.2) is 24.2 Å². The molecule has 24 heavy (non-hydrogen) atoms. The standard InChI is InChI=1S/C17H15F2NO3S/c1-2-23-17(22)12-5-3-4-6-15(12)20-16(21)10-24-11-7-8-13(18)14(19)9-11/h3-9H,2,10H2,1H3,(H,20,21). The van der Waals surface area contributed by atoms with Crippen LogP contribution in [0.5, 0.6) is 0 Å². The number of ether oxygens (including phenoxy) is 1. The van der Waals surface area contributed by atoms with Crippen LogP contribution in [-0.2, 0) is 9.53 Å². The Balaban J connectivity index is 1.99. The molecule has 126 valence electrons. The molecule has 0 bridgehead atoms. The summed E-state index contributed by atoms with van der Waals surface area (Å²) in [5, 5.41) is 2.62. The monoisotopic (exact) mass is 351 g/mol. The third-order valence-corrected chi connectivity index (χ3v) is 3.95. The van der Waals surface area contributed by atoms with Crippen molar-refractivity contribution in [2.75, 3.05) is 17.7 Å². The summed E-state index contributed by atoms with van der Waals surface area (Å²) in [6.45, 7) is 1.92. The number of rotatable bonds is 6. The molecular weight excluding hydrogens is 336 g/mol. The van der Waals surface area contributed by atoms with E-state index >= 15 is 0 Å². The fraction of sp³-hybridized carbons (Fsp3) is 0.176. The Morgan fingerprint density at radius 2 is 1.88 bits per heavy atom. The van der Waals surface area contributed by atoms with E-state index in [1.807, 2.05) is 0 Å². The maximum Gasteiger partial charge on any atom is 0.340 e. The first-order valence-corrected chi connectivity index (χ1v) is 8.13. The van der Waals surface area contributed by atoms with E-state index in [1.165, 1.54) is 6.07 Å². The number of thioether (sulfide) groups is 1. The number of halogens is 2. The third-order valence-electron chi connectivity index (χ3n) is 2.96. The highest BCUT2D eigenvalue weighted by molar-refractivity contribution is 8.00. The van der Waals surface area contributed by atoms with Crippen molar-refractivity contribution < 1.29 is 23.1 Å². The van der Waals surface area contributed by atoms with E-state index in [0.29, 0.717) is 10.6 Å². The Morgan fingerprint density at radius 1 is 1.12 bits per heavy atom. The molecule has 2 rings (SSSR count). The van der Waals surface area contributed by atoms with Crippen LogP contribution in [0.25, 0.3) is 0 Å². The van der Waals surface area contributed by atoms with Crippen molar-refractivity contribution in [2.24, 2.45) is 0 Å². The Labute approximate surface area is 142 Å². The minimum atomic E-state index is -0.965. The lowest BCUT2D eigenvalue weighted by Gasteiger charge is -2.10. The molecular formula is C17H15F2NO3S. The Morgan fingerprint density at radius 3 is 2.58 bits per heavy atom. The molecule has 4 nitrogen and oxygen atoms in total. The average Bonchev–Trinajstić information content (AvgIpc) is 2.56. The molecule has 0 saturated heterocycles. The second-order valence-corrected chi connectivity index (χ2v) is 5.73. The number of benzene rings is 2. The van der Waals surface area contributed by atoms with Gasteiger partial charge in [0.05, 0.1) is 23.6 Å². The predicted molar refractivity (Wildman–Crippen MR) is 88.1 cm³/mol. The summed E-state index contributed by atoms with van der Waals surface area (Å²) in [4.78, 5) is 24.3. The van der Waals surface area contributed by atoms with Crippen LogP contribution in [0.4, 0.5) is 14.5 Å². The summed E-state index contributed by atoms with van der Waals surface area (Å²) < 4.78 is 30.9. The molecule has 2 aromatic carbocycles. The number of carbonyl (C=O) groups is 2. The van der Waals surface area contributed by atoms with E-state index in [9.17, 15) is 18.4 Å². The number of anilines is 1. The molecule has 0 heterocycles. The molecule has 0 aliphatic heterocycles. The van der Waals surface area contributed by atoms with E-state index in [4.69, 9.17) is 4.74 Å². The number of hydrogen-bond donors (Lipinski definition) is 1. The zero-order valence-corrected chi connectivity index (χ0v) is 13.7. The van der Waals surface area contributed by atoms with Crippen LogP contribution in [0, 0.1) is 11.6 Å². The van der Waals surface area contributed by atoms with Gasteiger partial charge in [0.1, 0.15) is 0 Å². The number of esters is 1. The van der Waals surface area contributed by atoms with Crippen LogP contribution in [0.3, 0.4) is 0 Å². The average molecular weight is 351 g/mol. The van der Waals surface area contributed by atoms with Crippen LogP contribution in [0.2, 0.25) is 0 Å². The Bertz CT molecular complexity index is 752. The number of hydrogen-bond acceptors (Lipinski definition) is 4. The predicted octanol–water partition coefficient (Wildman–Crippen LogP) is 3.87. The zero-order valence-electron chi connectivity index (χ0n) is 12.8. The van der Waals surface area contributed by atoms with E-state index in [0.717, 1.165) is 23.9 Å². The molecule has 1 amide bonds. The van der Waals surface area contributed by atoms with Gasteiger partial charge in [-0.2, -0.15) is 0 Å². The van der Waals surface area contributed by atoms with Crippen molar-refractivity contribution in [1.29, 1.82) is 0 Å². The number of nitrogens with one attached hydrogen (secondary N) is 1. The van der Waals surface area contributed by atoms with Crippen LogP contribution in [0.1, 0.15) is 17.3 Å². The summed E-state index contributed by atoms with van der Waals surface area (Å²) in [7, 11) is 0. The van der Waals surface area contributed by atoms with Gasteiger partial charge in [-0.05, 0) is 37.3 Å². The topological polar surface area (TPSA) is 55.4 Å². The highest BCUT2D eigenvalue weighted by Gasteiger charge is 2.14. The largest absolute Gasteiger partial charge is 0.462 e. The van der Waals surface area contributed by atoms with E-state index in [1.54, 1.807) is 31.2 Å². The molecule has 0 aromatic heterocycles. The first kappa shape index (κ1) is 17.9. The molecule has 0 fully saturated rings. The van der Waals surface area contributed by atoms with Gasteiger partial charge >= 0.3 is 5.97 Å². The fourth-order valence-electron chi connectivity index (χ4n) is 1.88. The molecule has 7 heteroatoms. The number of para-hydroxylation sites is 1. The van der Waals surface area contributed by atoms with Gasteiger partial charge in [-0.3, -0.25) is 4.79 Å². The van der Waals surface area contributed by atoms with E-state index in [-0.39, 0.29) is 23.8 Å². The first-order chi connectivity index (χ1) is 11.5. The molecule has 0 saturated carbocycles. The molecule has 1 N–H and O–H groups in total. The molecule has 0 unspecified atom stereocenters. The smallest absolute Gasteiger partial charge is 0.340 e. The van der Waals surface area contributed by atoms with Crippen molar-refractivity contribution in [3.8, 4) is 0 Å². The normalized spacial score (nSPS) is 10.3. The lowest BCUT2D eigenvalue weighted by molar-refractivity contribution is -0.113. The van der Waals surface area contributed by atoms with Crippen LogP contribution < -0.4 is 5.32 Å². The minimum Gasteiger partial charge on any atom is -0.462 e. The highest BCUT2D eigenvalue weighted by atomic mass is 32.2. The minimum absolute atomic E-state index is 0.0117. The molecule has 0 radical (unpaired) electrons. The molecule has 0 atom stereocenters. The van der Waals surface area contributed by atoms with E-state index in [2.05, 4.69) is 5.32 Å². The number of carbonyl (C=O) groups excluding carboxylic acids is 2. The van der Waals surface area contributed by atoms with Crippen molar-refractivity contribution in [2.45, 2.75) is 11.8 Å². The second-order valence-electron chi connectivity index (χ2n) is 4.68. The van der Waals surface area contributed by atoms with Gasteiger partial charge in [-0.15, -0.1) is 11.8 Å². The zero-order chi connectivity index (χ0) is 17.5. The summed E-state index contributed by atoms with van der Waals surface area (Å²) in [6.07, 6.45) is 0. The molecule has 2 aromatic rings. The molecule has 0 aliphatic carbocycles. The van der Waals surface area contributed by atoms with Crippen molar-refractivity contribution in [1.82, 2.24) is 0 Å². The van der Waals surface area contributed by atoms with E-state index < -0.39 is 17.6 Å². The van der Waals surface area contributed by atoms with Gasteiger partial charge in [0.25, 0.3) is 0 Å². The summed E-state index contributed by atoms with van der Waals surface area (Å²) in [5.41, 5.74) is 0.595. The quantitative estimate of drug-likeness (QED) is 0.634. The Hall–Kier alpha value is -2.41. The first-order valence-electron chi connectivity index (χ1n) is 7.15. The van der Waals surface area contributed by atoms with Crippen molar-refractivity contribution >= 4 is 29.3 Å². The van der Waals surface area contributed by atoms with Crippen LogP contribution >= 0.6 is 11.8 Å².